The maximum Gasteiger partial charge on any atom is 0.340 e. The molecular formula is C19H22ClNO7. The molecule has 0 bridgehead atoms. The summed E-state index contributed by atoms with van der Waals surface area (Å²) in [6.45, 7) is 4.32. The summed E-state index contributed by atoms with van der Waals surface area (Å²) in [7, 11) is 0. The molecule has 1 heterocycles. The first kappa shape index (κ1) is 21.6. The molecule has 0 aromatic heterocycles. The summed E-state index contributed by atoms with van der Waals surface area (Å²) < 4.78 is 20.7. The molecule has 0 aliphatic carbocycles. The lowest BCUT2D eigenvalue weighted by atomic mass is 10.2. The molecule has 0 unspecified atom stereocenters. The van der Waals surface area contributed by atoms with Crippen LogP contribution in [-0.4, -0.2) is 50.3 Å². The van der Waals surface area contributed by atoms with Gasteiger partial charge >= 0.3 is 11.9 Å². The van der Waals surface area contributed by atoms with Gasteiger partial charge in [0, 0.05) is 12.5 Å². The van der Waals surface area contributed by atoms with E-state index in [1.807, 2.05) is 0 Å². The van der Waals surface area contributed by atoms with Crippen LogP contribution in [0.15, 0.2) is 18.2 Å². The van der Waals surface area contributed by atoms with Crippen molar-refractivity contribution in [2.24, 2.45) is 0 Å². The summed E-state index contributed by atoms with van der Waals surface area (Å²) >= 11 is 6.21. The van der Waals surface area contributed by atoms with Gasteiger partial charge in [0.1, 0.15) is 0 Å². The zero-order valence-electron chi connectivity index (χ0n) is 15.7. The van der Waals surface area contributed by atoms with Crippen LogP contribution in [0.4, 0.5) is 0 Å². The van der Waals surface area contributed by atoms with E-state index in [0.717, 1.165) is 6.42 Å². The number of hydrogen-bond donors (Lipinski definition) is 1. The monoisotopic (exact) mass is 411 g/mol. The van der Waals surface area contributed by atoms with Crippen molar-refractivity contribution in [3.8, 4) is 11.5 Å². The van der Waals surface area contributed by atoms with Crippen LogP contribution in [0.3, 0.4) is 0 Å². The average Bonchev–Trinajstić information content (AvgIpc) is 2.90. The van der Waals surface area contributed by atoms with E-state index >= 15 is 0 Å². The van der Waals surface area contributed by atoms with Gasteiger partial charge in [-0.2, -0.15) is 0 Å². The van der Waals surface area contributed by atoms with E-state index in [1.165, 1.54) is 12.2 Å². The third-order valence-corrected chi connectivity index (χ3v) is 3.86. The van der Waals surface area contributed by atoms with Gasteiger partial charge in [0.2, 0.25) is 11.9 Å². The standard InChI is InChI=1S/C19H22ClNO7/c1-3-25-18(23)16(19(24)26-4-2)21-15(22)7-6-12-10-13(20)17-14(11-12)27-8-5-9-28-17/h6-7,10-11,16H,3-5,8-9H2,1-2H3,(H,21,22)/b7-6+. The first-order valence-corrected chi connectivity index (χ1v) is 9.25. The number of ether oxygens (including phenoxy) is 4. The van der Waals surface area contributed by atoms with Crippen molar-refractivity contribution in [1.82, 2.24) is 5.32 Å². The molecule has 9 heteroatoms. The van der Waals surface area contributed by atoms with Crippen LogP contribution in [0.5, 0.6) is 11.5 Å². The maximum absolute atomic E-state index is 12.2. The van der Waals surface area contributed by atoms with Crippen LogP contribution < -0.4 is 14.8 Å². The largest absolute Gasteiger partial charge is 0.489 e. The Labute approximate surface area is 167 Å². The second-order valence-electron chi connectivity index (χ2n) is 5.66. The molecule has 1 aliphatic heterocycles. The van der Waals surface area contributed by atoms with Gasteiger partial charge in [-0.3, -0.25) is 4.79 Å². The van der Waals surface area contributed by atoms with Gasteiger partial charge < -0.3 is 24.3 Å². The molecule has 1 N–H and O–H groups in total. The molecule has 0 radical (unpaired) electrons. The highest BCUT2D eigenvalue weighted by Gasteiger charge is 2.30. The first-order valence-electron chi connectivity index (χ1n) is 8.87. The van der Waals surface area contributed by atoms with Crippen LogP contribution in [0.1, 0.15) is 25.8 Å². The lowest BCUT2D eigenvalue weighted by Crippen LogP contribution is -2.47. The van der Waals surface area contributed by atoms with Crippen LogP contribution in [0, 0.1) is 0 Å². The van der Waals surface area contributed by atoms with Crippen molar-refractivity contribution in [2.45, 2.75) is 26.3 Å². The van der Waals surface area contributed by atoms with Crippen molar-refractivity contribution in [1.29, 1.82) is 0 Å². The van der Waals surface area contributed by atoms with Crippen LogP contribution in [0.2, 0.25) is 5.02 Å². The molecule has 152 valence electrons. The number of carbonyl (C=O) groups excluding carboxylic acids is 3. The number of fused-ring (bicyclic) bond motifs is 1. The number of benzene rings is 1. The van der Waals surface area contributed by atoms with Crippen molar-refractivity contribution in [3.63, 3.8) is 0 Å². The molecule has 0 saturated carbocycles. The van der Waals surface area contributed by atoms with E-state index in [-0.39, 0.29) is 13.2 Å². The smallest absolute Gasteiger partial charge is 0.340 e. The highest BCUT2D eigenvalue weighted by Crippen LogP contribution is 2.38. The van der Waals surface area contributed by atoms with E-state index in [4.69, 9.17) is 30.5 Å². The van der Waals surface area contributed by atoms with E-state index in [2.05, 4.69) is 5.32 Å². The second-order valence-corrected chi connectivity index (χ2v) is 6.07. The Balaban J connectivity index is 2.11. The average molecular weight is 412 g/mol. The maximum atomic E-state index is 12.2. The highest BCUT2D eigenvalue weighted by atomic mass is 35.5. The van der Waals surface area contributed by atoms with Crippen molar-refractivity contribution in [3.05, 3.63) is 28.8 Å². The number of carbonyl (C=O) groups is 3. The van der Waals surface area contributed by atoms with Gasteiger partial charge in [0.05, 0.1) is 31.5 Å². The number of amides is 1. The van der Waals surface area contributed by atoms with Gasteiger partial charge in [0.15, 0.2) is 11.5 Å². The van der Waals surface area contributed by atoms with Gasteiger partial charge in [-0.05, 0) is 37.6 Å². The Morgan fingerprint density at radius 2 is 1.79 bits per heavy atom. The van der Waals surface area contributed by atoms with Crippen molar-refractivity contribution < 1.29 is 33.3 Å². The molecule has 1 aliphatic rings. The SMILES string of the molecule is CCOC(=O)C(NC(=O)/C=C/c1cc(Cl)c2c(c1)OCCCO2)C(=O)OCC. The predicted molar refractivity (Wildman–Crippen MR) is 101 cm³/mol. The zero-order valence-corrected chi connectivity index (χ0v) is 16.4. The van der Waals surface area contributed by atoms with E-state index in [0.29, 0.717) is 35.3 Å². The van der Waals surface area contributed by atoms with Gasteiger partial charge in [-0.15, -0.1) is 0 Å². The molecule has 1 amide bonds. The van der Waals surface area contributed by atoms with Crippen LogP contribution >= 0.6 is 11.6 Å². The Bertz CT molecular complexity index is 745. The summed E-state index contributed by atoms with van der Waals surface area (Å²) in [5, 5.41) is 2.64. The quantitative estimate of drug-likeness (QED) is 0.416. The summed E-state index contributed by atoms with van der Waals surface area (Å²) in [6, 6.07) is 1.77. The normalized spacial score (nSPS) is 13.1. The van der Waals surface area contributed by atoms with Gasteiger partial charge in [-0.25, -0.2) is 9.59 Å². The fourth-order valence-corrected chi connectivity index (χ4v) is 2.65. The number of nitrogens with one attached hydrogen (secondary N) is 1. The van der Waals surface area contributed by atoms with E-state index in [9.17, 15) is 14.4 Å². The Kier molecular flexibility index (Phi) is 8.13. The van der Waals surface area contributed by atoms with Crippen molar-refractivity contribution in [2.75, 3.05) is 26.4 Å². The lowest BCUT2D eigenvalue weighted by molar-refractivity contribution is -0.159. The van der Waals surface area contributed by atoms with E-state index < -0.39 is 23.9 Å². The van der Waals surface area contributed by atoms with Crippen LogP contribution in [0.25, 0.3) is 6.08 Å². The molecule has 0 fully saturated rings. The first-order chi connectivity index (χ1) is 13.5. The fourth-order valence-electron chi connectivity index (χ4n) is 2.37. The predicted octanol–water partition coefficient (Wildman–Crippen LogP) is 2.13. The Hall–Kier alpha value is -2.74. The Morgan fingerprint density at radius 3 is 2.43 bits per heavy atom. The summed E-state index contributed by atoms with van der Waals surface area (Å²) in [5.41, 5.74) is 0.591. The molecule has 0 spiro atoms. The minimum atomic E-state index is -1.54. The molecule has 1 aromatic rings. The minimum absolute atomic E-state index is 0.0656. The summed E-state index contributed by atoms with van der Waals surface area (Å²) in [4.78, 5) is 36.0. The molecule has 0 atom stereocenters. The number of rotatable bonds is 7. The van der Waals surface area contributed by atoms with Crippen molar-refractivity contribution >= 4 is 35.5 Å². The molecule has 2 rings (SSSR count). The number of halogens is 1. The number of esters is 2. The molecule has 1 aromatic carbocycles. The fraction of sp³-hybridized carbons (Fsp3) is 0.421. The number of hydrogen-bond acceptors (Lipinski definition) is 7. The van der Waals surface area contributed by atoms with Gasteiger partial charge in [0.25, 0.3) is 0 Å². The van der Waals surface area contributed by atoms with E-state index in [1.54, 1.807) is 26.0 Å². The second kappa shape index (κ2) is 10.6. The lowest BCUT2D eigenvalue weighted by Gasteiger charge is -2.14. The zero-order chi connectivity index (χ0) is 20.5. The minimum Gasteiger partial charge on any atom is -0.489 e. The summed E-state index contributed by atoms with van der Waals surface area (Å²) in [5.74, 6) is -1.50. The third kappa shape index (κ3) is 5.88. The Morgan fingerprint density at radius 1 is 1.14 bits per heavy atom. The topological polar surface area (TPSA) is 100 Å². The highest BCUT2D eigenvalue weighted by molar-refractivity contribution is 6.32. The summed E-state index contributed by atoms with van der Waals surface area (Å²) in [6.07, 6.45) is 3.38. The molecular weight excluding hydrogens is 390 g/mol. The third-order valence-electron chi connectivity index (χ3n) is 3.58. The van der Waals surface area contributed by atoms with Crippen LogP contribution in [-0.2, 0) is 23.9 Å². The van der Waals surface area contributed by atoms with Gasteiger partial charge in [-0.1, -0.05) is 11.6 Å². The molecule has 0 saturated heterocycles. The molecule has 8 nitrogen and oxygen atoms in total. The molecule has 28 heavy (non-hydrogen) atoms.